The standard InChI is InChI=1S/C17H26N2O/c1-15-12-18(14-17-8-5-11-20-17)9-10-19(15)13-16-6-3-2-4-7-16/h2-4,6-7,15,17H,5,8-14H2,1H3. The van der Waals surface area contributed by atoms with E-state index in [2.05, 4.69) is 47.1 Å². The molecule has 0 saturated carbocycles. The maximum atomic E-state index is 5.76. The molecule has 0 aliphatic carbocycles. The van der Waals surface area contributed by atoms with Crippen LogP contribution in [0.1, 0.15) is 25.3 Å². The third kappa shape index (κ3) is 3.60. The van der Waals surface area contributed by atoms with Gasteiger partial charge in [-0.1, -0.05) is 30.3 Å². The Morgan fingerprint density at radius 2 is 2.05 bits per heavy atom. The molecule has 0 spiro atoms. The van der Waals surface area contributed by atoms with E-state index < -0.39 is 0 Å². The van der Waals surface area contributed by atoms with Crippen LogP contribution in [-0.2, 0) is 11.3 Å². The van der Waals surface area contributed by atoms with E-state index in [0.717, 1.165) is 19.7 Å². The largest absolute Gasteiger partial charge is 0.377 e. The van der Waals surface area contributed by atoms with Gasteiger partial charge in [0.25, 0.3) is 0 Å². The van der Waals surface area contributed by atoms with Gasteiger partial charge in [0.2, 0.25) is 0 Å². The van der Waals surface area contributed by atoms with Crippen molar-refractivity contribution < 1.29 is 4.74 Å². The van der Waals surface area contributed by atoms with Gasteiger partial charge >= 0.3 is 0 Å². The van der Waals surface area contributed by atoms with E-state index in [4.69, 9.17) is 4.74 Å². The summed E-state index contributed by atoms with van der Waals surface area (Å²) in [5.74, 6) is 0. The van der Waals surface area contributed by atoms with Gasteiger partial charge in [0.05, 0.1) is 6.10 Å². The summed E-state index contributed by atoms with van der Waals surface area (Å²) >= 11 is 0. The van der Waals surface area contributed by atoms with Gasteiger partial charge in [0.15, 0.2) is 0 Å². The minimum Gasteiger partial charge on any atom is -0.377 e. The van der Waals surface area contributed by atoms with Gasteiger partial charge < -0.3 is 4.74 Å². The zero-order chi connectivity index (χ0) is 13.8. The molecule has 110 valence electrons. The Bertz CT molecular complexity index is 403. The highest BCUT2D eigenvalue weighted by Gasteiger charge is 2.26. The molecule has 20 heavy (non-hydrogen) atoms. The number of nitrogens with zero attached hydrogens (tertiary/aromatic N) is 2. The molecule has 2 unspecified atom stereocenters. The van der Waals surface area contributed by atoms with Crippen molar-refractivity contribution in [2.45, 2.75) is 38.5 Å². The first kappa shape index (κ1) is 14.1. The summed E-state index contributed by atoms with van der Waals surface area (Å²) in [6.07, 6.45) is 2.98. The van der Waals surface area contributed by atoms with Crippen molar-refractivity contribution >= 4 is 0 Å². The Morgan fingerprint density at radius 1 is 1.20 bits per heavy atom. The molecule has 0 radical (unpaired) electrons. The third-order valence-corrected chi connectivity index (χ3v) is 4.56. The van der Waals surface area contributed by atoms with Gasteiger partial charge in [-0.2, -0.15) is 0 Å². The van der Waals surface area contributed by atoms with Crippen LogP contribution >= 0.6 is 0 Å². The molecule has 0 amide bonds. The fourth-order valence-corrected chi connectivity index (χ4v) is 3.37. The maximum Gasteiger partial charge on any atom is 0.0702 e. The lowest BCUT2D eigenvalue weighted by molar-refractivity contribution is 0.0291. The van der Waals surface area contributed by atoms with Gasteiger partial charge in [-0.25, -0.2) is 0 Å². The minimum atomic E-state index is 0.489. The molecule has 0 aromatic heterocycles. The molecule has 3 rings (SSSR count). The van der Waals surface area contributed by atoms with Crippen LogP contribution in [0.3, 0.4) is 0 Å². The van der Waals surface area contributed by atoms with E-state index in [1.54, 1.807) is 0 Å². The summed E-state index contributed by atoms with van der Waals surface area (Å²) in [4.78, 5) is 5.18. The Balaban J connectivity index is 1.49. The monoisotopic (exact) mass is 274 g/mol. The molecule has 2 aliphatic rings. The zero-order valence-corrected chi connectivity index (χ0v) is 12.5. The van der Waals surface area contributed by atoms with Crippen LogP contribution in [0.4, 0.5) is 0 Å². The first-order valence-corrected chi connectivity index (χ1v) is 7.93. The maximum absolute atomic E-state index is 5.76. The van der Waals surface area contributed by atoms with Crippen LogP contribution in [0.15, 0.2) is 30.3 Å². The molecule has 3 heteroatoms. The summed E-state index contributed by atoms with van der Waals surface area (Å²) in [7, 11) is 0. The minimum absolute atomic E-state index is 0.489. The molecule has 0 N–H and O–H groups in total. The highest BCUT2D eigenvalue weighted by molar-refractivity contribution is 5.14. The lowest BCUT2D eigenvalue weighted by Crippen LogP contribution is -2.52. The number of benzene rings is 1. The number of ether oxygens (including phenoxy) is 1. The fourth-order valence-electron chi connectivity index (χ4n) is 3.37. The average molecular weight is 274 g/mol. The Hall–Kier alpha value is -0.900. The van der Waals surface area contributed by atoms with Crippen molar-refractivity contribution in [1.82, 2.24) is 9.80 Å². The van der Waals surface area contributed by atoms with Crippen LogP contribution < -0.4 is 0 Å². The molecular formula is C17H26N2O. The molecule has 2 fully saturated rings. The zero-order valence-electron chi connectivity index (χ0n) is 12.5. The molecule has 1 aromatic rings. The molecule has 3 nitrogen and oxygen atoms in total. The van der Waals surface area contributed by atoms with Gasteiger partial charge in [-0.3, -0.25) is 9.80 Å². The van der Waals surface area contributed by atoms with Crippen molar-refractivity contribution in [3.05, 3.63) is 35.9 Å². The van der Waals surface area contributed by atoms with Crippen molar-refractivity contribution in [2.24, 2.45) is 0 Å². The normalized spacial score (nSPS) is 28.9. The summed E-state index contributed by atoms with van der Waals surface area (Å²) in [5.41, 5.74) is 1.42. The van der Waals surface area contributed by atoms with E-state index in [1.807, 2.05) is 0 Å². The highest BCUT2D eigenvalue weighted by Crippen LogP contribution is 2.17. The Labute approximate surface area is 122 Å². The summed E-state index contributed by atoms with van der Waals surface area (Å²) in [5, 5.41) is 0. The van der Waals surface area contributed by atoms with Crippen molar-refractivity contribution in [2.75, 3.05) is 32.8 Å². The number of piperazine rings is 1. The molecule has 1 aromatic carbocycles. The number of rotatable bonds is 4. The lowest BCUT2D eigenvalue weighted by atomic mass is 10.1. The van der Waals surface area contributed by atoms with Crippen molar-refractivity contribution in [3.63, 3.8) is 0 Å². The van der Waals surface area contributed by atoms with E-state index in [1.165, 1.54) is 38.0 Å². The van der Waals surface area contributed by atoms with Crippen LogP contribution in [0, 0.1) is 0 Å². The first-order chi connectivity index (χ1) is 9.81. The van der Waals surface area contributed by atoms with E-state index in [-0.39, 0.29) is 0 Å². The van der Waals surface area contributed by atoms with Crippen LogP contribution in [0.25, 0.3) is 0 Å². The molecule has 2 atom stereocenters. The molecule has 2 saturated heterocycles. The molecular weight excluding hydrogens is 248 g/mol. The van der Waals surface area contributed by atoms with Crippen molar-refractivity contribution in [3.8, 4) is 0 Å². The summed E-state index contributed by atoms with van der Waals surface area (Å²) in [6, 6.07) is 11.4. The van der Waals surface area contributed by atoms with Gasteiger partial charge in [0, 0.05) is 45.4 Å². The van der Waals surface area contributed by atoms with Crippen LogP contribution in [0.5, 0.6) is 0 Å². The number of hydrogen-bond acceptors (Lipinski definition) is 3. The van der Waals surface area contributed by atoms with Gasteiger partial charge in [-0.05, 0) is 25.3 Å². The highest BCUT2D eigenvalue weighted by atomic mass is 16.5. The summed E-state index contributed by atoms with van der Waals surface area (Å²) in [6.45, 7) is 9.05. The Morgan fingerprint density at radius 3 is 2.75 bits per heavy atom. The predicted octanol–water partition coefficient (Wildman–Crippen LogP) is 2.37. The second kappa shape index (κ2) is 6.70. The quantitative estimate of drug-likeness (QED) is 0.838. The van der Waals surface area contributed by atoms with E-state index >= 15 is 0 Å². The van der Waals surface area contributed by atoms with E-state index in [0.29, 0.717) is 12.1 Å². The van der Waals surface area contributed by atoms with Gasteiger partial charge in [0.1, 0.15) is 0 Å². The summed E-state index contributed by atoms with van der Waals surface area (Å²) < 4.78 is 5.76. The smallest absolute Gasteiger partial charge is 0.0702 e. The lowest BCUT2D eigenvalue weighted by Gasteiger charge is -2.40. The average Bonchev–Trinajstić information content (AvgIpc) is 2.96. The van der Waals surface area contributed by atoms with Crippen LogP contribution in [0.2, 0.25) is 0 Å². The molecule has 0 bridgehead atoms. The molecule has 2 heterocycles. The third-order valence-electron chi connectivity index (χ3n) is 4.56. The second-order valence-corrected chi connectivity index (χ2v) is 6.20. The predicted molar refractivity (Wildman–Crippen MR) is 81.7 cm³/mol. The first-order valence-electron chi connectivity index (χ1n) is 7.93. The van der Waals surface area contributed by atoms with Crippen LogP contribution in [-0.4, -0.2) is 54.7 Å². The molecule has 2 aliphatic heterocycles. The van der Waals surface area contributed by atoms with E-state index in [9.17, 15) is 0 Å². The topological polar surface area (TPSA) is 15.7 Å². The van der Waals surface area contributed by atoms with Gasteiger partial charge in [-0.15, -0.1) is 0 Å². The van der Waals surface area contributed by atoms with Crippen molar-refractivity contribution in [1.29, 1.82) is 0 Å². The fraction of sp³-hybridized carbons (Fsp3) is 0.647. The number of hydrogen-bond donors (Lipinski definition) is 0. The second-order valence-electron chi connectivity index (χ2n) is 6.20. The Kier molecular flexibility index (Phi) is 4.71. The SMILES string of the molecule is CC1CN(CC2CCCO2)CCN1Cc1ccccc1.